The molecule has 0 aliphatic heterocycles. The van der Waals surface area contributed by atoms with Crippen molar-refractivity contribution >= 4 is 10.0 Å². The lowest BCUT2D eigenvalue weighted by molar-refractivity contribution is -0.0607. The smallest absolute Gasteiger partial charge is 0.314 e. The van der Waals surface area contributed by atoms with Crippen LogP contribution < -0.4 is 0 Å². The Kier molecular flexibility index (Phi) is 5.12. The molecule has 2 heterocycles. The number of aromatic nitrogens is 3. The molecule has 0 unspecified atom stereocenters. The summed E-state index contributed by atoms with van der Waals surface area (Å²) in [7, 11) is -3.41. The average molecular weight is 453 g/mol. The molecule has 4 aliphatic carbocycles. The molecule has 0 saturated heterocycles. The minimum absolute atomic E-state index is 0.0390. The van der Waals surface area contributed by atoms with Crippen LogP contribution in [0.15, 0.2) is 22.7 Å². The normalized spacial score (nSPS) is 29.9. The van der Waals surface area contributed by atoms with E-state index in [1.807, 2.05) is 0 Å². The van der Waals surface area contributed by atoms with Crippen molar-refractivity contribution in [2.24, 2.45) is 23.2 Å². The highest BCUT2D eigenvalue weighted by Crippen LogP contribution is 2.60. The summed E-state index contributed by atoms with van der Waals surface area (Å²) in [6, 6.07) is 3.32. The molecule has 0 N–H and O–H groups in total. The summed E-state index contributed by atoms with van der Waals surface area (Å²) < 4.78 is 57.0. The first-order chi connectivity index (χ1) is 14.7. The van der Waals surface area contributed by atoms with Gasteiger partial charge < -0.3 is 4.42 Å². The number of pyridine rings is 1. The van der Waals surface area contributed by atoms with E-state index in [2.05, 4.69) is 15.2 Å². The second kappa shape index (κ2) is 7.58. The molecule has 4 bridgehead atoms. The van der Waals surface area contributed by atoms with Gasteiger partial charge in [0.15, 0.2) is 0 Å². The van der Waals surface area contributed by atoms with Gasteiger partial charge in [-0.2, -0.15) is 13.1 Å². The van der Waals surface area contributed by atoms with Crippen LogP contribution in [0.4, 0.5) is 8.78 Å². The van der Waals surface area contributed by atoms with E-state index in [-0.39, 0.29) is 17.9 Å². The van der Waals surface area contributed by atoms with E-state index in [1.54, 1.807) is 16.4 Å². The average Bonchev–Trinajstić information content (AvgIpc) is 3.17. The van der Waals surface area contributed by atoms with Gasteiger partial charge in [-0.25, -0.2) is 8.42 Å². The molecule has 0 aromatic carbocycles. The number of nitrogens with zero attached hydrogens (tertiary/aromatic N) is 4. The molecular weight excluding hydrogens is 426 g/mol. The zero-order valence-electron chi connectivity index (χ0n) is 17.4. The number of sulfonamides is 1. The van der Waals surface area contributed by atoms with Crippen LogP contribution in [0, 0.1) is 23.2 Å². The number of rotatable bonds is 7. The minimum Gasteiger partial charge on any atom is -0.415 e. The zero-order valence-corrected chi connectivity index (χ0v) is 18.2. The molecule has 31 heavy (non-hydrogen) atoms. The van der Waals surface area contributed by atoms with Gasteiger partial charge in [-0.1, -0.05) is 0 Å². The zero-order chi connectivity index (χ0) is 21.8. The highest BCUT2D eigenvalue weighted by atomic mass is 32.2. The molecule has 4 saturated carbocycles. The second-order valence-corrected chi connectivity index (χ2v) is 11.7. The highest BCUT2D eigenvalue weighted by Gasteiger charge is 2.51. The molecule has 4 aliphatic rings. The first-order valence-corrected chi connectivity index (χ1v) is 12.6. The number of halogens is 2. The van der Waals surface area contributed by atoms with Crippen LogP contribution in [0.5, 0.6) is 0 Å². The molecule has 10 heteroatoms. The Labute approximate surface area is 180 Å². The molecule has 6 rings (SSSR count). The number of hydrogen-bond donors (Lipinski definition) is 0. The van der Waals surface area contributed by atoms with Crippen molar-refractivity contribution in [1.29, 1.82) is 0 Å². The van der Waals surface area contributed by atoms with Crippen LogP contribution in [-0.4, -0.2) is 40.7 Å². The largest absolute Gasteiger partial charge is 0.415 e. The Bertz CT molecular complexity index is 1020. The van der Waals surface area contributed by atoms with E-state index in [9.17, 15) is 17.2 Å². The second-order valence-electron chi connectivity index (χ2n) is 9.73. The monoisotopic (exact) mass is 452 g/mol. The van der Waals surface area contributed by atoms with Crippen molar-refractivity contribution in [2.45, 2.75) is 51.5 Å². The molecule has 2 aromatic rings. The third kappa shape index (κ3) is 4.24. The van der Waals surface area contributed by atoms with Crippen LogP contribution in [0.2, 0.25) is 0 Å². The Morgan fingerprint density at radius 2 is 1.77 bits per heavy atom. The predicted molar refractivity (Wildman–Crippen MR) is 108 cm³/mol. The third-order valence-corrected chi connectivity index (χ3v) is 8.38. The first-order valence-electron chi connectivity index (χ1n) is 10.7. The maximum atomic E-state index is 12.6. The van der Waals surface area contributed by atoms with Crippen molar-refractivity contribution in [2.75, 3.05) is 12.8 Å². The van der Waals surface area contributed by atoms with E-state index in [1.165, 1.54) is 31.7 Å². The molecule has 0 spiro atoms. The van der Waals surface area contributed by atoms with Crippen LogP contribution in [0.1, 0.15) is 56.5 Å². The molecule has 7 nitrogen and oxygen atoms in total. The summed E-state index contributed by atoms with van der Waals surface area (Å²) in [5.74, 6) is 1.47. The fourth-order valence-electron chi connectivity index (χ4n) is 6.41. The summed E-state index contributed by atoms with van der Waals surface area (Å²) in [5.41, 5.74) is 1.09. The van der Waals surface area contributed by atoms with Gasteiger partial charge in [0.1, 0.15) is 0 Å². The van der Waals surface area contributed by atoms with Crippen molar-refractivity contribution in [3.05, 3.63) is 29.9 Å². The van der Waals surface area contributed by atoms with Gasteiger partial charge in [-0.05, 0) is 73.8 Å². The van der Waals surface area contributed by atoms with Gasteiger partial charge >= 0.3 is 6.43 Å². The van der Waals surface area contributed by atoms with Crippen LogP contribution in [0.3, 0.4) is 0 Å². The molecule has 168 valence electrons. The van der Waals surface area contributed by atoms with E-state index in [4.69, 9.17) is 4.42 Å². The van der Waals surface area contributed by atoms with E-state index in [0.717, 1.165) is 37.0 Å². The fraction of sp³-hybridized carbons (Fsp3) is 0.667. The Morgan fingerprint density at radius 1 is 1.13 bits per heavy atom. The van der Waals surface area contributed by atoms with Crippen molar-refractivity contribution < 1.29 is 21.6 Å². The maximum Gasteiger partial charge on any atom is 0.314 e. The molecule has 0 atom stereocenters. The summed E-state index contributed by atoms with van der Waals surface area (Å²) in [5, 5.41) is 6.93. The Balaban J connectivity index is 1.32. The van der Waals surface area contributed by atoms with Crippen LogP contribution in [0.25, 0.3) is 11.5 Å². The Hall–Kier alpha value is -1.94. The molecule has 4 fully saturated rings. The summed E-state index contributed by atoms with van der Waals surface area (Å²) in [4.78, 5) is 4.34. The molecular formula is C21H26F2N4O3S. The van der Waals surface area contributed by atoms with E-state index < -0.39 is 22.3 Å². The van der Waals surface area contributed by atoms with Crippen molar-refractivity contribution in [3.63, 3.8) is 0 Å². The predicted octanol–water partition coefficient (Wildman–Crippen LogP) is 4.05. The lowest BCUT2D eigenvalue weighted by Crippen LogP contribution is -2.51. The topological polar surface area (TPSA) is 89.2 Å². The van der Waals surface area contributed by atoms with Gasteiger partial charge in [0.05, 0.1) is 24.1 Å². The minimum atomic E-state index is -3.41. The van der Waals surface area contributed by atoms with Crippen LogP contribution in [-0.2, 0) is 16.6 Å². The number of alkyl halides is 2. The molecule has 2 aromatic heterocycles. The summed E-state index contributed by atoms with van der Waals surface area (Å²) in [6.07, 6.45) is 7.18. The van der Waals surface area contributed by atoms with Crippen molar-refractivity contribution in [1.82, 2.24) is 19.5 Å². The van der Waals surface area contributed by atoms with Gasteiger partial charge in [0.25, 0.3) is 5.89 Å². The van der Waals surface area contributed by atoms with E-state index in [0.29, 0.717) is 17.8 Å². The summed E-state index contributed by atoms with van der Waals surface area (Å²) in [6.45, 7) is 0.729. The molecule has 0 radical (unpaired) electrons. The molecule has 0 amide bonds. The van der Waals surface area contributed by atoms with Crippen LogP contribution >= 0.6 is 0 Å². The third-order valence-electron chi connectivity index (χ3n) is 7.18. The van der Waals surface area contributed by atoms with Gasteiger partial charge in [-0.3, -0.25) is 4.98 Å². The first kappa shape index (κ1) is 20.9. The van der Waals surface area contributed by atoms with Gasteiger partial charge in [0.2, 0.25) is 15.9 Å². The standard InChI is InChI=1S/C21H26F2N4O3S/c1-31(28,29)27(12-21-7-13-4-14(8-21)6-15(5-13)9-21)11-17-3-2-16(10-24-17)19-25-26-20(30-19)18(22)23/h2-3,10,13-15,18H,4-9,11-12H2,1H3. The SMILES string of the molecule is CS(=O)(=O)N(Cc1ccc(-c2nnc(C(F)F)o2)cn1)CC12CC3CC(CC(C3)C1)C2. The maximum absolute atomic E-state index is 12.6. The van der Waals surface area contributed by atoms with Gasteiger partial charge in [0, 0.05) is 12.7 Å². The van der Waals surface area contributed by atoms with Gasteiger partial charge in [-0.15, -0.1) is 10.2 Å². The lowest BCUT2D eigenvalue weighted by atomic mass is 9.49. The fourth-order valence-corrected chi connectivity index (χ4v) is 7.29. The Morgan fingerprint density at radius 3 is 2.26 bits per heavy atom. The lowest BCUT2D eigenvalue weighted by Gasteiger charge is -2.57. The number of hydrogen-bond acceptors (Lipinski definition) is 6. The quantitative estimate of drug-likeness (QED) is 0.630. The van der Waals surface area contributed by atoms with Crippen molar-refractivity contribution in [3.8, 4) is 11.5 Å². The highest BCUT2D eigenvalue weighted by molar-refractivity contribution is 7.88. The summed E-state index contributed by atoms with van der Waals surface area (Å²) >= 11 is 0. The van der Waals surface area contributed by atoms with E-state index >= 15 is 0 Å².